The number of aliphatic carboxylic acids is 1. The van der Waals surface area contributed by atoms with Crippen molar-refractivity contribution in [1.82, 2.24) is 11.1 Å². The maximum atomic E-state index is 11.0. The monoisotopic (exact) mass is 220 g/mol. The minimum Gasteiger partial charge on any atom is -0.475 e. The van der Waals surface area contributed by atoms with Gasteiger partial charge in [0.25, 0.3) is 0 Å². The van der Waals surface area contributed by atoms with Crippen LogP contribution in [0.2, 0.25) is 0 Å². The van der Waals surface area contributed by atoms with Gasteiger partial charge in [-0.2, -0.15) is 0 Å². The Morgan fingerprint density at radius 3 is 2.62 bits per heavy atom. The number of nitrogens with one attached hydrogen (secondary N) is 1. The van der Waals surface area contributed by atoms with Crippen molar-refractivity contribution in [2.24, 2.45) is 0 Å². The van der Waals surface area contributed by atoms with E-state index >= 15 is 0 Å². The van der Waals surface area contributed by atoms with E-state index in [0.717, 1.165) is 16.5 Å². The lowest BCUT2D eigenvalue weighted by Crippen LogP contribution is -2.14. The Labute approximate surface area is 91.7 Å². The van der Waals surface area contributed by atoms with E-state index in [1.165, 1.54) is 0 Å². The normalized spacial score (nSPS) is 9.75. The van der Waals surface area contributed by atoms with Crippen molar-refractivity contribution in [1.29, 1.82) is 0 Å². The average molecular weight is 220 g/mol. The van der Waals surface area contributed by atoms with Crippen molar-refractivity contribution < 1.29 is 14.7 Å². The number of aromatic amines is 1. The summed E-state index contributed by atoms with van der Waals surface area (Å²) in [6.45, 7) is 0. The predicted octanol–water partition coefficient (Wildman–Crippen LogP) is 1.53. The highest BCUT2D eigenvalue weighted by atomic mass is 16.4. The SMILES string of the molecule is N.O=C(O)C(=O)Cc1c[nH]c2ccccc12. The second-order valence-electron chi connectivity index (χ2n) is 3.26. The van der Waals surface area contributed by atoms with Crippen molar-refractivity contribution in [3.05, 3.63) is 36.0 Å². The molecule has 2 aromatic rings. The Morgan fingerprint density at radius 1 is 1.25 bits per heavy atom. The minimum atomic E-state index is -1.39. The largest absolute Gasteiger partial charge is 0.475 e. The summed E-state index contributed by atoms with van der Waals surface area (Å²) < 4.78 is 0. The van der Waals surface area contributed by atoms with Gasteiger partial charge in [0.1, 0.15) is 0 Å². The van der Waals surface area contributed by atoms with E-state index in [1.54, 1.807) is 6.20 Å². The second kappa shape index (κ2) is 4.59. The summed E-state index contributed by atoms with van der Waals surface area (Å²) in [6, 6.07) is 7.47. The first kappa shape index (κ1) is 11.9. The van der Waals surface area contributed by atoms with Crippen LogP contribution in [-0.2, 0) is 16.0 Å². The number of benzene rings is 1. The van der Waals surface area contributed by atoms with E-state index < -0.39 is 11.8 Å². The van der Waals surface area contributed by atoms with E-state index in [9.17, 15) is 9.59 Å². The highest BCUT2D eigenvalue weighted by molar-refractivity contribution is 6.33. The fourth-order valence-corrected chi connectivity index (χ4v) is 1.53. The number of ketones is 1. The maximum absolute atomic E-state index is 11.0. The molecular formula is C11H12N2O3. The zero-order valence-electron chi connectivity index (χ0n) is 8.56. The molecule has 1 heterocycles. The Hall–Kier alpha value is -2.14. The topological polar surface area (TPSA) is 105 Å². The summed E-state index contributed by atoms with van der Waals surface area (Å²) in [5.41, 5.74) is 1.63. The molecule has 5 heteroatoms. The molecule has 0 unspecified atom stereocenters. The first-order valence-corrected chi connectivity index (χ1v) is 4.49. The Balaban J connectivity index is 0.00000128. The number of fused-ring (bicyclic) bond motifs is 1. The number of hydrogen-bond acceptors (Lipinski definition) is 3. The van der Waals surface area contributed by atoms with Crippen LogP contribution in [0.3, 0.4) is 0 Å². The number of para-hydroxylation sites is 1. The lowest BCUT2D eigenvalue weighted by atomic mass is 10.1. The summed E-state index contributed by atoms with van der Waals surface area (Å²) in [7, 11) is 0. The first-order chi connectivity index (χ1) is 7.18. The van der Waals surface area contributed by atoms with E-state index in [4.69, 9.17) is 5.11 Å². The third-order valence-corrected chi connectivity index (χ3v) is 2.26. The Morgan fingerprint density at radius 2 is 1.94 bits per heavy atom. The number of hydrogen-bond donors (Lipinski definition) is 3. The number of Topliss-reactive ketones (excluding diaryl/α,β-unsaturated/α-hetero) is 1. The molecule has 0 atom stereocenters. The van der Waals surface area contributed by atoms with Gasteiger partial charge >= 0.3 is 5.97 Å². The van der Waals surface area contributed by atoms with Crippen LogP contribution < -0.4 is 6.15 Å². The van der Waals surface area contributed by atoms with E-state index in [0.29, 0.717) is 0 Å². The van der Waals surface area contributed by atoms with Crippen LogP contribution in [0.5, 0.6) is 0 Å². The average Bonchev–Trinajstić information content (AvgIpc) is 2.62. The van der Waals surface area contributed by atoms with Crippen molar-refractivity contribution >= 4 is 22.7 Å². The zero-order valence-corrected chi connectivity index (χ0v) is 8.56. The number of aromatic nitrogens is 1. The van der Waals surface area contributed by atoms with Gasteiger partial charge in [0, 0.05) is 23.5 Å². The van der Waals surface area contributed by atoms with Gasteiger partial charge in [-0.25, -0.2) is 4.79 Å². The fraction of sp³-hybridized carbons (Fsp3) is 0.0909. The molecule has 0 aliphatic heterocycles. The van der Waals surface area contributed by atoms with Crippen molar-refractivity contribution in [3.63, 3.8) is 0 Å². The zero-order chi connectivity index (χ0) is 10.8. The number of carbonyl (C=O) groups is 2. The molecule has 0 spiro atoms. The molecule has 16 heavy (non-hydrogen) atoms. The molecule has 0 bridgehead atoms. The summed E-state index contributed by atoms with van der Waals surface area (Å²) in [5, 5.41) is 9.39. The number of rotatable bonds is 3. The number of H-pyrrole nitrogens is 1. The van der Waals surface area contributed by atoms with Gasteiger partial charge in [-0.3, -0.25) is 4.79 Å². The molecule has 0 aliphatic carbocycles. The lowest BCUT2D eigenvalue weighted by molar-refractivity contribution is -0.148. The highest BCUT2D eigenvalue weighted by Gasteiger charge is 2.14. The van der Waals surface area contributed by atoms with Crippen LogP contribution in [0.1, 0.15) is 5.56 Å². The number of carboxylic acid groups (broad SMARTS) is 1. The molecular weight excluding hydrogens is 208 g/mol. The maximum Gasteiger partial charge on any atom is 0.372 e. The van der Waals surface area contributed by atoms with Gasteiger partial charge < -0.3 is 16.2 Å². The summed E-state index contributed by atoms with van der Waals surface area (Å²) in [5.74, 6) is -2.18. The summed E-state index contributed by atoms with van der Waals surface area (Å²) >= 11 is 0. The molecule has 1 aromatic carbocycles. The van der Waals surface area contributed by atoms with Crippen LogP contribution in [0.25, 0.3) is 10.9 Å². The molecule has 1 aromatic heterocycles. The van der Waals surface area contributed by atoms with E-state index in [2.05, 4.69) is 4.98 Å². The third kappa shape index (κ3) is 2.09. The van der Waals surface area contributed by atoms with Crippen molar-refractivity contribution in [2.45, 2.75) is 6.42 Å². The molecule has 0 radical (unpaired) electrons. The van der Waals surface area contributed by atoms with Crippen LogP contribution in [-0.4, -0.2) is 21.8 Å². The minimum absolute atomic E-state index is 0. The van der Waals surface area contributed by atoms with Gasteiger partial charge in [-0.05, 0) is 11.6 Å². The van der Waals surface area contributed by atoms with E-state index in [1.807, 2.05) is 24.3 Å². The number of carbonyl (C=O) groups excluding carboxylic acids is 1. The second-order valence-corrected chi connectivity index (χ2v) is 3.26. The molecule has 84 valence electrons. The van der Waals surface area contributed by atoms with Crippen molar-refractivity contribution in [3.8, 4) is 0 Å². The molecule has 0 fully saturated rings. The standard InChI is InChI=1S/C11H9NO3.H3N/c13-10(11(14)15)5-7-6-12-9-4-2-1-3-8(7)9;/h1-4,6,12H,5H2,(H,14,15);1H3. The first-order valence-electron chi connectivity index (χ1n) is 4.49. The highest BCUT2D eigenvalue weighted by Crippen LogP contribution is 2.18. The molecule has 0 amide bonds. The molecule has 0 saturated carbocycles. The molecule has 2 rings (SSSR count). The molecule has 0 saturated heterocycles. The fourth-order valence-electron chi connectivity index (χ4n) is 1.53. The predicted molar refractivity (Wildman–Crippen MR) is 59.7 cm³/mol. The van der Waals surface area contributed by atoms with E-state index in [-0.39, 0.29) is 12.6 Å². The lowest BCUT2D eigenvalue weighted by Gasteiger charge is -1.94. The quantitative estimate of drug-likeness (QED) is 0.682. The summed E-state index contributed by atoms with van der Waals surface area (Å²) in [6.07, 6.45) is 1.60. The van der Waals surface area contributed by atoms with Gasteiger partial charge in [0.05, 0.1) is 0 Å². The van der Waals surface area contributed by atoms with Gasteiger partial charge in [0.15, 0.2) is 0 Å². The van der Waals surface area contributed by atoms with Crippen LogP contribution in [0.15, 0.2) is 30.5 Å². The van der Waals surface area contributed by atoms with Crippen molar-refractivity contribution in [2.75, 3.05) is 0 Å². The molecule has 5 N–H and O–H groups in total. The molecule has 5 nitrogen and oxygen atoms in total. The van der Waals surface area contributed by atoms with Gasteiger partial charge in [-0.1, -0.05) is 18.2 Å². The number of carboxylic acids is 1. The molecule has 0 aliphatic rings. The van der Waals surface area contributed by atoms with Crippen LogP contribution >= 0.6 is 0 Å². The Kier molecular flexibility index (Phi) is 3.42. The van der Waals surface area contributed by atoms with Gasteiger partial charge in [-0.15, -0.1) is 0 Å². The smallest absolute Gasteiger partial charge is 0.372 e. The van der Waals surface area contributed by atoms with Crippen LogP contribution in [0, 0.1) is 0 Å². The Bertz CT molecular complexity index is 531. The summed E-state index contributed by atoms with van der Waals surface area (Å²) in [4.78, 5) is 24.4. The van der Waals surface area contributed by atoms with Crippen LogP contribution in [0.4, 0.5) is 0 Å². The third-order valence-electron chi connectivity index (χ3n) is 2.26. The van der Waals surface area contributed by atoms with Gasteiger partial charge in [0.2, 0.25) is 5.78 Å².